The van der Waals surface area contributed by atoms with Crippen LogP contribution < -0.4 is 20.1 Å². The van der Waals surface area contributed by atoms with Gasteiger partial charge in [0.05, 0.1) is 29.5 Å². The van der Waals surface area contributed by atoms with Gasteiger partial charge >= 0.3 is 0 Å². The topological polar surface area (TPSA) is 72.5 Å². The van der Waals surface area contributed by atoms with Gasteiger partial charge in [0.25, 0.3) is 5.91 Å². The molecule has 0 fully saturated rings. The van der Waals surface area contributed by atoms with E-state index in [1.807, 2.05) is 6.07 Å². The highest BCUT2D eigenvalue weighted by molar-refractivity contribution is 9.10. The lowest BCUT2D eigenvalue weighted by Crippen LogP contribution is -2.34. The Hall–Kier alpha value is -1.94. The van der Waals surface area contributed by atoms with Crippen molar-refractivity contribution >= 4 is 77.5 Å². The maximum atomic E-state index is 12.4. The van der Waals surface area contributed by atoms with Crippen molar-refractivity contribution in [2.45, 2.75) is 0 Å². The van der Waals surface area contributed by atoms with Crippen LogP contribution in [-0.2, 0) is 0 Å². The van der Waals surface area contributed by atoms with E-state index in [1.165, 1.54) is 11.3 Å². The molecule has 1 amide bonds. The van der Waals surface area contributed by atoms with Gasteiger partial charge in [0.2, 0.25) is 0 Å². The Morgan fingerprint density at radius 3 is 2.74 bits per heavy atom. The minimum Gasteiger partial charge on any atom is -0.497 e. The van der Waals surface area contributed by atoms with Crippen LogP contribution in [0.4, 0.5) is 5.13 Å². The zero-order chi connectivity index (χ0) is 19.6. The van der Waals surface area contributed by atoms with Crippen LogP contribution in [0.15, 0.2) is 34.8 Å². The Bertz CT molecular complexity index is 1040. The Morgan fingerprint density at radius 2 is 2.04 bits per heavy atom. The predicted octanol–water partition coefficient (Wildman–Crippen LogP) is 4.86. The lowest BCUT2D eigenvalue weighted by molar-refractivity contribution is 0.0978. The number of ether oxygens (including phenoxy) is 2. The number of carbonyl (C=O) groups excluding carboxylic acids is 1. The number of halogens is 2. The summed E-state index contributed by atoms with van der Waals surface area (Å²) in [7, 11) is 3.14. The first-order valence-corrected chi connectivity index (χ1v) is 9.90. The molecule has 0 aliphatic heterocycles. The third-order valence-electron chi connectivity index (χ3n) is 3.51. The van der Waals surface area contributed by atoms with Gasteiger partial charge < -0.3 is 14.8 Å². The first-order valence-electron chi connectivity index (χ1n) is 7.51. The van der Waals surface area contributed by atoms with Crippen LogP contribution in [0.2, 0.25) is 5.02 Å². The normalized spacial score (nSPS) is 10.5. The summed E-state index contributed by atoms with van der Waals surface area (Å²) in [6.45, 7) is 0. The number of hydrogen-bond donors (Lipinski definition) is 2. The lowest BCUT2D eigenvalue weighted by Gasteiger charge is -2.08. The molecule has 0 saturated heterocycles. The van der Waals surface area contributed by atoms with Gasteiger partial charge in [-0.2, -0.15) is 0 Å². The number of nitrogens with one attached hydrogen (secondary N) is 2. The van der Waals surface area contributed by atoms with Crippen molar-refractivity contribution in [2.75, 3.05) is 19.5 Å². The zero-order valence-electron chi connectivity index (χ0n) is 14.1. The molecule has 0 saturated carbocycles. The number of thiocarbonyl (C=S) groups is 1. The lowest BCUT2D eigenvalue weighted by atomic mass is 10.2. The smallest absolute Gasteiger partial charge is 0.258 e. The maximum Gasteiger partial charge on any atom is 0.258 e. The number of amides is 1. The monoisotopic (exact) mass is 485 g/mol. The van der Waals surface area contributed by atoms with Gasteiger partial charge in [-0.25, -0.2) is 4.98 Å². The number of rotatable bonds is 4. The molecule has 2 aromatic carbocycles. The van der Waals surface area contributed by atoms with E-state index in [-0.39, 0.29) is 5.11 Å². The van der Waals surface area contributed by atoms with Crippen LogP contribution in [0.3, 0.4) is 0 Å². The van der Waals surface area contributed by atoms with E-state index < -0.39 is 5.91 Å². The van der Waals surface area contributed by atoms with E-state index in [1.54, 1.807) is 38.5 Å². The van der Waals surface area contributed by atoms with E-state index in [2.05, 4.69) is 31.5 Å². The van der Waals surface area contributed by atoms with Gasteiger partial charge in [0.1, 0.15) is 17.0 Å². The van der Waals surface area contributed by atoms with E-state index >= 15 is 0 Å². The van der Waals surface area contributed by atoms with Crippen molar-refractivity contribution < 1.29 is 14.3 Å². The Morgan fingerprint density at radius 1 is 1.26 bits per heavy atom. The number of hydrogen-bond acceptors (Lipinski definition) is 6. The van der Waals surface area contributed by atoms with Crippen molar-refractivity contribution in [3.8, 4) is 11.5 Å². The largest absolute Gasteiger partial charge is 0.497 e. The summed E-state index contributed by atoms with van der Waals surface area (Å²) < 4.78 is 12.2. The minimum atomic E-state index is -0.417. The maximum absolute atomic E-state index is 12.4. The molecule has 140 valence electrons. The number of thiazole rings is 1. The highest BCUT2D eigenvalue weighted by atomic mass is 79.9. The number of carbonyl (C=O) groups is 1. The van der Waals surface area contributed by atoms with E-state index in [0.29, 0.717) is 32.7 Å². The molecule has 6 nitrogen and oxygen atoms in total. The van der Waals surface area contributed by atoms with E-state index in [9.17, 15) is 4.79 Å². The van der Waals surface area contributed by atoms with Crippen LogP contribution in [0.1, 0.15) is 10.4 Å². The van der Waals surface area contributed by atoms with Crippen molar-refractivity contribution in [1.82, 2.24) is 10.3 Å². The van der Waals surface area contributed by atoms with Crippen molar-refractivity contribution in [3.63, 3.8) is 0 Å². The molecule has 0 aliphatic carbocycles. The molecule has 0 atom stereocenters. The number of anilines is 1. The van der Waals surface area contributed by atoms with E-state index in [4.69, 9.17) is 33.3 Å². The summed E-state index contributed by atoms with van der Waals surface area (Å²) in [5, 5.41) is 6.46. The van der Waals surface area contributed by atoms with E-state index in [0.717, 1.165) is 9.17 Å². The quantitative estimate of drug-likeness (QED) is 0.513. The van der Waals surface area contributed by atoms with Gasteiger partial charge in [-0.3, -0.25) is 10.1 Å². The first-order chi connectivity index (χ1) is 12.9. The molecule has 1 heterocycles. The first kappa shape index (κ1) is 19.8. The second-order valence-corrected chi connectivity index (χ2v) is 7.99. The number of fused-ring (bicyclic) bond motifs is 1. The second kappa shape index (κ2) is 8.39. The molecular formula is C17H13BrClN3O3S2. The SMILES string of the molecule is COc1cc(OC)c2nc(NC(=S)NC(=O)c3cc(Br)ccc3Cl)sc2c1. The molecular weight excluding hydrogens is 474 g/mol. The summed E-state index contributed by atoms with van der Waals surface area (Å²) in [5.74, 6) is 0.832. The Kier molecular flexibility index (Phi) is 6.15. The molecule has 0 aliphatic rings. The fourth-order valence-corrected chi connectivity index (χ4v) is 4.01. The molecule has 10 heteroatoms. The minimum absolute atomic E-state index is 0.112. The molecule has 27 heavy (non-hydrogen) atoms. The average Bonchev–Trinajstić information content (AvgIpc) is 3.04. The Labute approximate surface area is 178 Å². The van der Waals surface area contributed by atoms with Crippen molar-refractivity contribution in [3.05, 3.63) is 45.4 Å². The molecule has 0 bridgehead atoms. The van der Waals surface area contributed by atoms with Crippen LogP contribution in [0, 0.1) is 0 Å². The molecule has 0 spiro atoms. The summed E-state index contributed by atoms with van der Waals surface area (Å²) in [4.78, 5) is 16.8. The molecule has 0 unspecified atom stereocenters. The van der Waals surface area contributed by atoms with Crippen LogP contribution in [-0.4, -0.2) is 30.2 Å². The number of nitrogens with zero attached hydrogens (tertiary/aromatic N) is 1. The van der Waals surface area contributed by atoms with Gasteiger partial charge in [-0.15, -0.1) is 0 Å². The number of aromatic nitrogens is 1. The summed E-state index contributed by atoms with van der Waals surface area (Å²) in [5.41, 5.74) is 0.987. The number of benzene rings is 2. The van der Waals surface area contributed by atoms with Crippen LogP contribution in [0.25, 0.3) is 10.2 Å². The third-order valence-corrected chi connectivity index (χ3v) is 5.45. The highest BCUT2D eigenvalue weighted by Gasteiger charge is 2.15. The molecule has 0 radical (unpaired) electrons. The average molecular weight is 487 g/mol. The standard InChI is InChI=1S/C17H13BrClN3O3S2/c1-24-9-6-12(25-2)14-13(7-9)27-17(20-14)22-16(26)21-15(23)10-5-8(18)3-4-11(10)19/h3-7H,1-2H3,(H2,20,21,22,23,26). The number of methoxy groups -OCH3 is 2. The van der Waals surface area contributed by atoms with Crippen LogP contribution >= 0.6 is 51.1 Å². The van der Waals surface area contributed by atoms with Crippen LogP contribution in [0.5, 0.6) is 11.5 Å². The fourth-order valence-electron chi connectivity index (χ4n) is 2.27. The van der Waals surface area contributed by atoms with Crippen molar-refractivity contribution in [2.24, 2.45) is 0 Å². The second-order valence-electron chi connectivity index (χ2n) is 5.23. The summed E-state index contributed by atoms with van der Waals surface area (Å²) in [6.07, 6.45) is 0. The van der Waals surface area contributed by atoms with Gasteiger partial charge in [0, 0.05) is 10.5 Å². The Balaban J connectivity index is 1.77. The third kappa shape index (κ3) is 4.49. The molecule has 1 aromatic heterocycles. The zero-order valence-corrected chi connectivity index (χ0v) is 18.1. The molecule has 2 N–H and O–H groups in total. The molecule has 3 aromatic rings. The van der Waals surface area contributed by atoms with Crippen molar-refractivity contribution in [1.29, 1.82) is 0 Å². The predicted molar refractivity (Wildman–Crippen MR) is 116 cm³/mol. The van der Waals surface area contributed by atoms with Gasteiger partial charge in [-0.1, -0.05) is 38.9 Å². The summed E-state index contributed by atoms with van der Waals surface area (Å²) in [6, 6.07) is 8.60. The highest BCUT2D eigenvalue weighted by Crippen LogP contribution is 2.36. The summed E-state index contributed by atoms with van der Waals surface area (Å²) >= 11 is 16.0. The van der Waals surface area contributed by atoms with Gasteiger partial charge in [-0.05, 0) is 36.5 Å². The fraction of sp³-hybridized carbons (Fsp3) is 0.118. The molecule has 3 rings (SSSR count). The van der Waals surface area contributed by atoms with Gasteiger partial charge in [0.15, 0.2) is 10.2 Å².